The van der Waals surface area contributed by atoms with Crippen LogP contribution in [0.2, 0.25) is 0 Å². The zero-order valence-corrected chi connectivity index (χ0v) is 10.6. The quantitative estimate of drug-likeness (QED) is 0.746. The minimum absolute atomic E-state index is 0. The molecular weight excluding hydrogens is 274 g/mol. The zero-order valence-electron chi connectivity index (χ0n) is 8.99. The van der Waals surface area contributed by atoms with E-state index in [4.69, 9.17) is 5.11 Å². The highest BCUT2D eigenvalue weighted by Gasteiger charge is 2.17. The number of aromatic carboxylic acids is 1. The molecule has 0 bridgehead atoms. The Morgan fingerprint density at radius 2 is 2.00 bits per heavy atom. The number of nitrogens with zero attached hydrogens (tertiary/aromatic N) is 1. The number of benzene rings is 1. The van der Waals surface area contributed by atoms with Gasteiger partial charge in [-0.1, -0.05) is 12.1 Å². The highest BCUT2D eigenvalue weighted by molar-refractivity contribution is 7.16. The van der Waals surface area contributed by atoms with Gasteiger partial charge in [-0.3, -0.25) is 4.79 Å². The fraction of sp³-hybridized carbons (Fsp3) is 0. The van der Waals surface area contributed by atoms with Gasteiger partial charge in [0.05, 0.1) is 5.52 Å². The predicted octanol–water partition coefficient (Wildman–Crippen LogP) is 2.63. The van der Waals surface area contributed by atoms with Crippen molar-refractivity contribution in [2.75, 3.05) is 0 Å². The van der Waals surface area contributed by atoms with E-state index in [1.54, 1.807) is 28.1 Å². The van der Waals surface area contributed by atoms with Crippen molar-refractivity contribution in [3.8, 4) is 0 Å². The standard InChI is InChI=1S/C12H7NO3S.ClH/c14-10-7-3-1-2-4-8(7)13-5-6-17-11(13)9(10)12(15)16;/h1-6H,(H,15,16);1H. The number of carboxylic acid groups (broad SMARTS) is 1. The van der Waals surface area contributed by atoms with Crippen LogP contribution >= 0.6 is 23.7 Å². The third-order valence-corrected chi connectivity index (χ3v) is 3.55. The van der Waals surface area contributed by atoms with Crippen LogP contribution in [0.3, 0.4) is 0 Å². The lowest BCUT2D eigenvalue weighted by Crippen LogP contribution is -2.16. The number of halogens is 1. The molecule has 6 heteroatoms. The van der Waals surface area contributed by atoms with Gasteiger partial charge in [0.25, 0.3) is 0 Å². The second-order valence-corrected chi connectivity index (χ2v) is 4.50. The van der Waals surface area contributed by atoms with Crippen molar-refractivity contribution in [3.63, 3.8) is 0 Å². The number of hydrogen-bond acceptors (Lipinski definition) is 3. The van der Waals surface area contributed by atoms with Crippen LogP contribution in [0.1, 0.15) is 10.4 Å². The summed E-state index contributed by atoms with van der Waals surface area (Å²) < 4.78 is 1.74. The average Bonchev–Trinajstić information content (AvgIpc) is 2.78. The summed E-state index contributed by atoms with van der Waals surface area (Å²) in [6, 6.07) is 7.01. The van der Waals surface area contributed by atoms with Crippen LogP contribution in [-0.2, 0) is 0 Å². The zero-order chi connectivity index (χ0) is 12.0. The van der Waals surface area contributed by atoms with E-state index in [1.807, 2.05) is 12.1 Å². The highest BCUT2D eigenvalue weighted by atomic mass is 35.5. The Balaban J connectivity index is 0.00000120. The van der Waals surface area contributed by atoms with Crippen molar-refractivity contribution < 1.29 is 9.90 Å². The number of fused-ring (bicyclic) bond motifs is 3. The molecule has 0 fully saturated rings. The monoisotopic (exact) mass is 281 g/mol. The van der Waals surface area contributed by atoms with Crippen molar-refractivity contribution in [1.82, 2.24) is 4.40 Å². The maximum atomic E-state index is 12.1. The number of thiazole rings is 1. The fourth-order valence-corrected chi connectivity index (χ4v) is 2.83. The van der Waals surface area contributed by atoms with Gasteiger partial charge in [-0.15, -0.1) is 23.7 Å². The van der Waals surface area contributed by atoms with Gasteiger partial charge in [0, 0.05) is 17.0 Å². The van der Waals surface area contributed by atoms with E-state index in [-0.39, 0.29) is 18.0 Å². The molecule has 4 nitrogen and oxygen atoms in total. The van der Waals surface area contributed by atoms with Crippen LogP contribution in [-0.4, -0.2) is 15.5 Å². The van der Waals surface area contributed by atoms with E-state index in [0.717, 1.165) is 5.52 Å². The lowest BCUT2D eigenvalue weighted by Gasteiger charge is -2.04. The van der Waals surface area contributed by atoms with E-state index in [9.17, 15) is 9.59 Å². The van der Waals surface area contributed by atoms with Gasteiger partial charge in [0.2, 0.25) is 5.43 Å². The van der Waals surface area contributed by atoms with Crippen molar-refractivity contribution in [2.24, 2.45) is 0 Å². The van der Waals surface area contributed by atoms with Crippen LogP contribution in [0.15, 0.2) is 40.6 Å². The summed E-state index contributed by atoms with van der Waals surface area (Å²) in [5.74, 6) is -1.18. The minimum atomic E-state index is -1.18. The Morgan fingerprint density at radius 3 is 2.72 bits per heavy atom. The Hall–Kier alpha value is -1.85. The molecule has 0 saturated heterocycles. The predicted molar refractivity (Wildman–Crippen MR) is 73.3 cm³/mol. The number of pyridine rings is 1. The lowest BCUT2D eigenvalue weighted by atomic mass is 10.1. The molecule has 0 amide bonds. The van der Waals surface area contributed by atoms with Gasteiger partial charge < -0.3 is 9.51 Å². The Labute approximate surface area is 112 Å². The highest BCUT2D eigenvalue weighted by Crippen LogP contribution is 2.21. The Morgan fingerprint density at radius 1 is 1.28 bits per heavy atom. The molecule has 0 unspecified atom stereocenters. The summed E-state index contributed by atoms with van der Waals surface area (Å²) in [5.41, 5.74) is 0.160. The summed E-state index contributed by atoms with van der Waals surface area (Å²) in [6.45, 7) is 0. The van der Waals surface area contributed by atoms with Crippen molar-refractivity contribution >= 4 is 45.4 Å². The largest absolute Gasteiger partial charge is 0.477 e. The van der Waals surface area contributed by atoms with E-state index in [1.165, 1.54) is 11.3 Å². The van der Waals surface area contributed by atoms with Crippen molar-refractivity contribution in [1.29, 1.82) is 0 Å². The number of carbonyl (C=O) groups is 1. The minimum Gasteiger partial charge on any atom is -0.477 e. The molecule has 0 aliphatic heterocycles. The van der Waals surface area contributed by atoms with Gasteiger partial charge >= 0.3 is 5.97 Å². The molecule has 0 aliphatic rings. The van der Waals surface area contributed by atoms with Gasteiger partial charge in [-0.2, -0.15) is 0 Å². The molecule has 2 heterocycles. The maximum Gasteiger partial charge on any atom is 0.342 e. The first-order valence-corrected chi connectivity index (χ1v) is 5.82. The lowest BCUT2D eigenvalue weighted by molar-refractivity contribution is 0.0697. The van der Waals surface area contributed by atoms with E-state index >= 15 is 0 Å². The first-order valence-electron chi connectivity index (χ1n) is 4.94. The molecule has 3 aromatic rings. The molecular formula is C12H8ClNO3S. The molecule has 0 atom stereocenters. The second-order valence-electron chi connectivity index (χ2n) is 3.60. The van der Waals surface area contributed by atoms with Gasteiger partial charge in [0.15, 0.2) is 0 Å². The summed E-state index contributed by atoms with van der Waals surface area (Å²) in [6.07, 6.45) is 1.77. The normalized spacial score (nSPS) is 10.4. The third kappa shape index (κ3) is 1.60. The Kier molecular flexibility index (Phi) is 3.11. The van der Waals surface area contributed by atoms with Crippen molar-refractivity contribution in [3.05, 3.63) is 51.6 Å². The molecule has 2 aromatic heterocycles. The van der Waals surface area contributed by atoms with Gasteiger partial charge in [-0.05, 0) is 12.1 Å². The van der Waals surface area contributed by atoms with E-state index in [2.05, 4.69) is 0 Å². The molecule has 0 radical (unpaired) electrons. The van der Waals surface area contributed by atoms with Crippen LogP contribution in [0.5, 0.6) is 0 Å². The average molecular weight is 282 g/mol. The summed E-state index contributed by atoms with van der Waals surface area (Å²) in [4.78, 5) is 23.7. The molecule has 3 rings (SSSR count). The SMILES string of the molecule is Cl.O=C(O)c1c(=O)c2ccccc2n2ccsc12. The Bertz CT molecular complexity index is 806. The first kappa shape index (κ1) is 12.6. The first-order chi connectivity index (χ1) is 8.20. The number of para-hydroxylation sites is 1. The van der Waals surface area contributed by atoms with Crippen LogP contribution in [0.4, 0.5) is 0 Å². The van der Waals surface area contributed by atoms with Gasteiger partial charge in [-0.25, -0.2) is 4.79 Å². The maximum absolute atomic E-state index is 12.1. The number of aromatic nitrogens is 1. The number of rotatable bonds is 1. The molecule has 18 heavy (non-hydrogen) atoms. The molecule has 92 valence electrons. The summed E-state index contributed by atoms with van der Waals surface area (Å²) in [5, 5.41) is 11.3. The van der Waals surface area contributed by atoms with Crippen LogP contribution in [0, 0.1) is 0 Å². The third-order valence-electron chi connectivity index (χ3n) is 2.67. The summed E-state index contributed by atoms with van der Waals surface area (Å²) >= 11 is 1.25. The van der Waals surface area contributed by atoms with Gasteiger partial charge in [0.1, 0.15) is 10.4 Å². The smallest absolute Gasteiger partial charge is 0.342 e. The molecule has 0 spiro atoms. The van der Waals surface area contributed by atoms with Crippen molar-refractivity contribution in [2.45, 2.75) is 0 Å². The molecule has 0 aliphatic carbocycles. The van der Waals surface area contributed by atoms with Crippen LogP contribution in [0.25, 0.3) is 15.7 Å². The summed E-state index contributed by atoms with van der Waals surface area (Å²) in [7, 11) is 0. The van der Waals surface area contributed by atoms with E-state index in [0.29, 0.717) is 10.2 Å². The topological polar surface area (TPSA) is 58.8 Å². The molecule has 0 saturated carbocycles. The number of carboxylic acids is 1. The van der Waals surface area contributed by atoms with E-state index < -0.39 is 11.4 Å². The molecule has 1 N–H and O–H groups in total. The second kappa shape index (κ2) is 4.44. The fourth-order valence-electron chi connectivity index (χ4n) is 1.95. The number of hydrogen-bond donors (Lipinski definition) is 1. The molecule has 1 aromatic carbocycles. The van der Waals surface area contributed by atoms with Crippen LogP contribution < -0.4 is 5.43 Å².